The van der Waals surface area contributed by atoms with Gasteiger partial charge in [-0.2, -0.15) is 0 Å². The number of ether oxygens (including phenoxy) is 1. The van der Waals surface area contributed by atoms with Gasteiger partial charge >= 0.3 is 5.97 Å². The molecule has 7 nitrogen and oxygen atoms in total. The number of esters is 1. The summed E-state index contributed by atoms with van der Waals surface area (Å²) in [6, 6.07) is 19.2. The van der Waals surface area contributed by atoms with Crippen molar-refractivity contribution in [3.8, 4) is 0 Å². The quantitative estimate of drug-likeness (QED) is 0.339. The van der Waals surface area contributed by atoms with Crippen LogP contribution in [0.4, 0.5) is 0 Å². The van der Waals surface area contributed by atoms with Crippen LogP contribution in [0, 0.1) is 11.8 Å². The SMILES string of the molecule is O=C(CC1CC=CCCC(Cc2ccccc2)C(=O)OCC2(CCCC2)NC1=O)NC(CO)Cc1ccccc1. The van der Waals surface area contributed by atoms with Gasteiger partial charge in [0.25, 0.3) is 0 Å². The Morgan fingerprint density at radius 3 is 2.33 bits per heavy atom. The van der Waals surface area contributed by atoms with E-state index in [1.807, 2.05) is 72.8 Å². The second kappa shape index (κ2) is 14.8. The molecule has 7 heteroatoms. The Labute approximate surface area is 237 Å². The van der Waals surface area contributed by atoms with E-state index in [1.54, 1.807) is 0 Å². The Morgan fingerprint density at radius 1 is 0.975 bits per heavy atom. The van der Waals surface area contributed by atoms with E-state index in [9.17, 15) is 19.5 Å². The summed E-state index contributed by atoms with van der Waals surface area (Å²) in [5.41, 5.74) is 1.52. The average Bonchev–Trinajstić information content (AvgIpc) is 3.43. The van der Waals surface area contributed by atoms with Gasteiger partial charge in [0.1, 0.15) is 6.61 Å². The first-order valence-electron chi connectivity index (χ1n) is 14.6. The van der Waals surface area contributed by atoms with E-state index >= 15 is 0 Å². The molecule has 1 heterocycles. The highest BCUT2D eigenvalue weighted by Crippen LogP contribution is 2.32. The van der Waals surface area contributed by atoms with Crippen LogP contribution in [-0.4, -0.2) is 47.7 Å². The Hall–Kier alpha value is -3.45. The zero-order valence-corrected chi connectivity index (χ0v) is 23.2. The molecular formula is C33H42N2O5. The predicted octanol–water partition coefficient (Wildman–Crippen LogP) is 4.28. The standard InChI is InChI=1S/C33H42N2O5/c36-23-29(21-26-14-6-2-7-15-26)34-30(37)22-27-16-8-3-9-17-28(20-25-12-4-1-5-13-25)32(39)40-24-33(35-31(27)38)18-10-11-19-33/h1-8,12-15,27-29,36H,9-11,16-24H2,(H,34,37)(H,35,38). The van der Waals surface area contributed by atoms with Crippen LogP contribution in [0.3, 0.4) is 0 Å². The van der Waals surface area contributed by atoms with E-state index in [0.29, 0.717) is 32.1 Å². The molecule has 1 aliphatic heterocycles. The van der Waals surface area contributed by atoms with Crippen molar-refractivity contribution in [2.24, 2.45) is 11.8 Å². The zero-order valence-electron chi connectivity index (χ0n) is 23.2. The Kier molecular flexibility index (Phi) is 10.9. The molecule has 3 unspecified atom stereocenters. The number of amides is 2. The number of carbonyl (C=O) groups is 3. The van der Waals surface area contributed by atoms with Crippen molar-refractivity contribution in [3.05, 3.63) is 83.9 Å². The molecule has 1 spiro atoms. The van der Waals surface area contributed by atoms with Crippen LogP contribution in [0.25, 0.3) is 0 Å². The van der Waals surface area contributed by atoms with Gasteiger partial charge in [0, 0.05) is 6.42 Å². The van der Waals surface area contributed by atoms with Gasteiger partial charge in [0.2, 0.25) is 11.8 Å². The fraction of sp³-hybridized carbons (Fsp3) is 0.485. The molecule has 2 aromatic carbocycles. The van der Waals surface area contributed by atoms with Gasteiger partial charge in [-0.1, -0.05) is 85.7 Å². The molecule has 0 saturated heterocycles. The lowest BCUT2D eigenvalue weighted by Crippen LogP contribution is -2.53. The Morgan fingerprint density at radius 2 is 1.65 bits per heavy atom. The van der Waals surface area contributed by atoms with E-state index in [0.717, 1.165) is 36.8 Å². The number of aliphatic hydroxyl groups is 1. The summed E-state index contributed by atoms with van der Waals surface area (Å²) >= 11 is 0. The van der Waals surface area contributed by atoms with Crippen molar-refractivity contribution in [2.75, 3.05) is 13.2 Å². The number of hydrogen-bond donors (Lipinski definition) is 3. The van der Waals surface area contributed by atoms with Gasteiger partial charge in [-0.25, -0.2) is 0 Å². The normalized spacial score (nSPS) is 22.3. The highest BCUT2D eigenvalue weighted by Gasteiger charge is 2.39. The minimum atomic E-state index is -0.600. The van der Waals surface area contributed by atoms with Crippen molar-refractivity contribution >= 4 is 17.8 Å². The van der Waals surface area contributed by atoms with E-state index < -0.39 is 17.5 Å². The molecule has 1 fully saturated rings. The topological polar surface area (TPSA) is 105 Å². The number of hydrogen-bond acceptors (Lipinski definition) is 5. The fourth-order valence-electron chi connectivity index (χ4n) is 5.78. The monoisotopic (exact) mass is 546 g/mol. The van der Waals surface area contributed by atoms with Gasteiger partial charge in [-0.3, -0.25) is 14.4 Å². The summed E-state index contributed by atoms with van der Waals surface area (Å²) in [4.78, 5) is 39.7. The summed E-state index contributed by atoms with van der Waals surface area (Å²) in [7, 11) is 0. The molecule has 0 bridgehead atoms. The molecule has 0 radical (unpaired) electrons. The molecular weight excluding hydrogens is 504 g/mol. The summed E-state index contributed by atoms with van der Waals surface area (Å²) in [6.45, 7) is -0.0328. The van der Waals surface area contributed by atoms with Crippen LogP contribution in [0.1, 0.15) is 62.5 Å². The predicted molar refractivity (Wildman–Crippen MR) is 154 cm³/mol. The van der Waals surface area contributed by atoms with E-state index in [2.05, 4.69) is 10.6 Å². The lowest BCUT2D eigenvalue weighted by atomic mass is 9.94. The first-order valence-corrected chi connectivity index (χ1v) is 14.6. The number of carbonyl (C=O) groups excluding carboxylic acids is 3. The van der Waals surface area contributed by atoms with E-state index in [-0.39, 0.29) is 43.3 Å². The Balaban J connectivity index is 1.44. The third-order valence-corrected chi connectivity index (χ3v) is 8.08. The van der Waals surface area contributed by atoms with E-state index in [1.165, 1.54) is 0 Å². The summed E-state index contributed by atoms with van der Waals surface area (Å²) in [6.07, 6.45) is 10.3. The van der Waals surface area contributed by atoms with Gasteiger partial charge in [-0.15, -0.1) is 0 Å². The highest BCUT2D eigenvalue weighted by molar-refractivity contribution is 5.86. The third kappa shape index (κ3) is 8.78. The first-order chi connectivity index (χ1) is 19.5. The second-order valence-corrected chi connectivity index (χ2v) is 11.3. The van der Waals surface area contributed by atoms with Gasteiger partial charge in [-0.05, 0) is 56.1 Å². The fourth-order valence-corrected chi connectivity index (χ4v) is 5.78. The van der Waals surface area contributed by atoms with Gasteiger partial charge in [0.05, 0.1) is 30.0 Å². The molecule has 40 heavy (non-hydrogen) atoms. The number of cyclic esters (lactones) is 1. The number of allylic oxidation sites excluding steroid dienone is 2. The van der Waals surface area contributed by atoms with Crippen molar-refractivity contribution in [2.45, 2.75) is 75.8 Å². The maximum absolute atomic E-state index is 13.5. The molecule has 1 aliphatic carbocycles. The van der Waals surface area contributed by atoms with Crippen molar-refractivity contribution < 1.29 is 24.2 Å². The lowest BCUT2D eigenvalue weighted by Gasteiger charge is -2.32. The largest absolute Gasteiger partial charge is 0.463 e. The number of benzene rings is 2. The van der Waals surface area contributed by atoms with Gasteiger partial charge in [0.15, 0.2) is 0 Å². The average molecular weight is 547 g/mol. The van der Waals surface area contributed by atoms with E-state index in [4.69, 9.17) is 4.74 Å². The maximum Gasteiger partial charge on any atom is 0.309 e. The molecule has 2 aromatic rings. The summed E-state index contributed by atoms with van der Waals surface area (Å²) in [5.74, 6) is -1.49. The van der Waals surface area contributed by atoms with Crippen molar-refractivity contribution in [1.82, 2.24) is 10.6 Å². The van der Waals surface area contributed by atoms with Crippen molar-refractivity contribution in [1.29, 1.82) is 0 Å². The molecule has 2 amide bonds. The van der Waals surface area contributed by atoms with Crippen LogP contribution in [0.5, 0.6) is 0 Å². The molecule has 0 aromatic heterocycles. The van der Waals surface area contributed by atoms with Gasteiger partial charge < -0.3 is 20.5 Å². The summed E-state index contributed by atoms with van der Waals surface area (Å²) in [5, 5.41) is 16.0. The van der Waals surface area contributed by atoms with Crippen LogP contribution in [0.15, 0.2) is 72.8 Å². The number of rotatable bonds is 8. The number of nitrogens with one attached hydrogen (secondary N) is 2. The Bertz CT molecular complexity index is 1130. The highest BCUT2D eigenvalue weighted by atomic mass is 16.5. The van der Waals surface area contributed by atoms with Crippen LogP contribution in [0.2, 0.25) is 0 Å². The van der Waals surface area contributed by atoms with Crippen LogP contribution >= 0.6 is 0 Å². The first kappa shape index (κ1) is 29.5. The van der Waals surface area contributed by atoms with Crippen LogP contribution in [-0.2, 0) is 32.0 Å². The second-order valence-electron chi connectivity index (χ2n) is 11.3. The molecule has 214 valence electrons. The molecule has 1 saturated carbocycles. The third-order valence-electron chi connectivity index (χ3n) is 8.08. The molecule has 2 aliphatic rings. The smallest absolute Gasteiger partial charge is 0.309 e. The minimum absolute atomic E-state index is 0.0218. The molecule has 4 rings (SSSR count). The van der Waals surface area contributed by atoms with Crippen LogP contribution < -0.4 is 10.6 Å². The minimum Gasteiger partial charge on any atom is -0.463 e. The van der Waals surface area contributed by atoms with Crippen molar-refractivity contribution in [3.63, 3.8) is 0 Å². The molecule has 3 atom stereocenters. The summed E-state index contributed by atoms with van der Waals surface area (Å²) < 4.78 is 5.88. The lowest BCUT2D eigenvalue weighted by molar-refractivity contribution is -0.152. The molecule has 3 N–H and O–H groups in total. The zero-order chi connectivity index (χ0) is 28.2. The number of aliphatic hydroxyl groups excluding tert-OH is 1. The maximum atomic E-state index is 13.5.